The summed E-state index contributed by atoms with van der Waals surface area (Å²) in [7, 11) is 0. The summed E-state index contributed by atoms with van der Waals surface area (Å²) in [5, 5.41) is 11.0. The Morgan fingerprint density at radius 1 is 1.40 bits per heavy atom. The Hall–Kier alpha value is -2.07. The van der Waals surface area contributed by atoms with Crippen molar-refractivity contribution in [2.24, 2.45) is 11.1 Å². The highest BCUT2D eigenvalue weighted by Gasteiger charge is 2.34. The molecule has 0 spiro atoms. The van der Waals surface area contributed by atoms with Crippen LogP contribution in [0.5, 0.6) is 0 Å². The minimum absolute atomic E-state index is 0.0251. The quantitative estimate of drug-likeness (QED) is 0.895. The molecular weight excluding hydrogens is 271 g/mol. The molecule has 0 saturated heterocycles. The number of nitrogens with one attached hydrogen (secondary N) is 1. The van der Waals surface area contributed by atoms with Crippen molar-refractivity contribution in [3.05, 3.63) is 29.3 Å². The molecule has 0 aromatic heterocycles. The lowest BCUT2D eigenvalue weighted by Gasteiger charge is -2.21. The number of carbonyl (C=O) groups is 1. The maximum absolute atomic E-state index is 12.8. The number of nitrogens with zero attached hydrogens (tertiary/aromatic N) is 1. The van der Waals surface area contributed by atoms with Gasteiger partial charge in [-0.15, -0.1) is 0 Å². The van der Waals surface area contributed by atoms with Crippen molar-refractivity contribution in [3.8, 4) is 6.07 Å². The predicted molar refractivity (Wildman–Crippen MR) is 67.6 cm³/mol. The van der Waals surface area contributed by atoms with E-state index in [1.54, 1.807) is 13.8 Å². The van der Waals surface area contributed by atoms with E-state index in [2.05, 4.69) is 5.32 Å². The van der Waals surface area contributed by atoms with Crippen molar-refractivity contribution in [2.45, 2.75) is 20.0 Å². The molecule has 1 aromatic carbocycles. The fourth-order valence-electron chi connectivity index (χ4n) is 1.35. The summed E-state index contributed by atoms with van der Waals surface area (Å²) in [6.45, 7) is 3.22. The highest BCUT2D eigenvalue weighted by molar-refractivity contribution is 5.95. The van der Waals surface area contributed by atoms with Crippen LogP contribution in [0.3, 0.4) is 0 Å². The maximum Gasteiger partial charge on any atom is 0.417 e. The first-order chi connectivity index (χ1) is 9.11. The van der Waals surface area contributed by atoms with Crippen molar-refractivity contribution in [1.29, 1.82) is 5.26 Å². The third-order valence-corrected chi connectivity index (χ3v) is 2.83. The zero-order valence-electron chi connectivity index (χ0n) is 11.0. The largest absolute Gasteiger partial charge is 0.417 e. The third-order valence-electron chi connectivity index (χ3n) is 2.83. The summed E-state index contributed by atoms with van der Waals surface area (Å²) in [5.41, 5.74) is 2.93. The predicted octanol–water partition coefficient (Wildman–Crippen LogP) is 2.50. The van der Waals surface area contributed by atoms with Gasteiger partial charge in [0.05, 0.1) is 22.6 Å². The van der Waals surface area contributed by atoms with Crippen LogP contribution in [0, 0.1) is 16.7 Å². The number of hydrogen-bond donors (Lipinski definition) is 2. The van der Waals surface area contributed by atoms with Crippen molar-refractivity contribution in [3.63, 3.8) is 0 Å². The molecule has 20 heavy (non-hydrogen) atoms. The molecule has 1 aromatic rings. The van der Waals surface area contributed by atoms with Crippen molar-refractivity contribution >= 4 is 11.6 Å². The van der Waals surface area contributed by atoms with Crippen LogP contribution in [-0.2, 0) is 11.0 Å². The summed E-state index contributed by atoms with van der Waals surface area (Å²) in [5.74, 6) is -0.488. The second-order valence-corrected chi connectivity index (χ2v) is 4.91. The van der Waals surface area contributed by atoms with Gasteiger partial charge in [0.25, 0.3) is 0 Å². The molecule has 0 radical (unpaired) electrons. The van der Waals surface area contributed by atoms with E-state index in [0.717, 1.165) is 12.1 Å². The molecule has 0 aliphatic carbocycles. The molecule has 0 atom stereocenters. The van der Waals surface area contributed by atoms with Gasteiger partial charge in [-0.3, -0.25) is 4.79 Å². The summed E-state index contributed by atoms with van der Waals surface area (Å²) in [4.78, 5) is 11.8. The average Bonchev–Trinajstić information content (AvgIpc) is 2.37. The number of nitriles is 1. The van der Waals surface area contributed by atoms with E-state index in [0.29, 0.717) is 0 Å². The molecule has 4 nitrogen and oxygen atoms in total. The average molecular weight is 285 g/mol. The standard InChI is InChI=1S/C13H14F3N3O/c1-12(2,7-18)11(20)19-9-4-3-8(6-17)10(5-9)13(14,15)16/h3-5H,7,18H2,1-2H3,(H,19,20). The second kappa shape index (κ2) is 5.51. The van der Waals surface area contributed by atoms with Crippen LogP contribution >= 0.6 is 0 Å². The molecular formula is C13H14F3N3O. The number of anilines is 1. The zero-order chi connectivity index (χ0) is 15.6. The maximum atomic E-state index is 12.8. The van der Waals surface area contributed by atoms with Crippen molar-refractivity contribution in [2.75, 3.05) is 11.9 Å². The Balaban J connectivity index is 3.12. The van der Waals surface area contributed by atoms with Gasteiger partial charge < -0.3 is 11.1 Å². The van der Waals surface area contributed by atoms with E-state index < -0.39 is 28.6 Å². The van der Waals surface area contributed by atoms with Gasteiger partial charge in [-0.05, 0) is 32.0 Å². The van der Waals surface area contributed by atoms with Gasteiger partial charge >= 0.3 is 6.18 Å². The lowest BCUT2D eigenvalue weighted by atomic mass is 9.92. The summed E-state index contributed by atoms with van der Waals surface area (Å²) in [6.07, 6.45) is -4.66. The van der Waals surface area contributed by atoms with Crippen molar-refractivity contribution in [1.82, 2.24) is 0 Å². The molecule has 108 valence electrons. The molecule has 0 saturated carbocycles. The fourth-order valence-corrected chi connectivity index (χ4v) is 1.35. The van der Waals surface area contributed by atoms with Crippen molar-refractivity contribution < 1.29 is 18.0 Å². The topological polar surface area (TPSA) is 78.9 Å². The molecule has 0 fully saturated rings. The first kappa shape index (κ1) is 16.0. The normalized spacial score (nSPS) is 11.8. The Bertz CT molecular complexity index is 559. The smallest absolute Gasteiger partial charge is 0.329 e. The van der Waals surface area contributed by atoms with Crippen LogP contribution in [0.2, 0.25) is 0 Å². The van der Waals surface area contributed by atoms with E-state index >= 15 is 0 Å². The number of benzene rings is 1. The van der Waals surface area contributed by atoms with E-state index in [4.69, 9.17) is 11.0 Å². The molecule has 0 bridgehead atoms. The van der Waals surface area contributed by atoms with E-state index in [1.165, 1.54) is 12.1 Å². The van der Waals surface area contributed by atoms with Crippen LogP contribution in [0.15, 0.2) is 18.2 Å². The fraction of sp³-hybridized carbons (Fsp3) is 0.385. The number of alkyl halides is 3. The molecule has 0 heterocycles. The number of nitrogens with two attached hydrogens (primary N) is 1. The van der Waals surface area contributed by atoms with Gasteiger partial charge in [0.15, 0.2) is 0 Å². The van der Waals surface area contributed by atoms with Crippen LogP contribution in [0.4, 0.5) is 18.9 Å². The van der Waals surface area contributed by atoms with Crippen LogP contribution in [-0.4, -0.2) is 12.5 Å². The lowest BCUT2D eigenvalue weighted by Crippen LogP contribution is -2.37. The second-order valence-electron chi connectivity index (χ2n) is 4.91. The Morgan fingerprint density at radius 2 is 2.00 bits per heavy atom. The molecule has 1 amide bonds. The van der Waals surface area contributed by atoms with Gasteiger partial charge in [-0.25, -0.2) is 0 Å². The Kier molecular flexibility index (Phi) is 4.40. The minimum atomic E-state index is -4.66. The number of rotatable bonds is 3. The van der Waals surface area contributed by atoms with Crippen LogP contribution in [0.1, 0.15) is 25.0 Å². The monoisotopic (exact) mass is 285 g/mol. The number of halogens is 3. The first-order valence-electron chi connectivity index (χ1n) is 5.74. The molecule has 0 unspecified atom stereocenters. The molecule has 3 N–H and O–H groups in total. The van der Waals surface area contributed by atoms with Crippen LogP contribution < -0.4 is 11.1 Å². The SMILES string of the molecule is CC(C)(CN)C(=O)Nc1ccc(C#N)c(C(F)(F)F)c1. The highest BCUT2D eigenvalue weighted by Crippen LogP contribution is 2.33. The third kappa shape index (κ3) is 3.48. The van der Waals surface area contributed by atoms with E-state index in [9.17, 15) is 18.0 Å². The van der Waals surface area contributed by atoms with E-state index in [-0.39, 0.29) is 12.2 Å². The number of carbonyl (C=O) groups excluding carboxylic acids is 1. The Labute approximate surface area is 114 Å². The molecule has 1 rings (SSSR count). The number of hydrogen-bond acceptors (Lipinski definition) is 3. The summed E-state index contributed by atoms with van der Waals surface area (Å²) < 4.78 is 38.3. The molecule has 7 heteroatoms. The minimum Gasteiger partial charge on any atom is -0.329 e. The summed E-state index contributed by atoms with van der Waals surface area (Å²) >= 11 is 0. The van der Waals surface area contributed by atoms with Gasteiger partial charge in [0.1, 0.15) is 0 Å². The molecule has 0 aliphatic heterocycles. The van der Waals surface area contributed by atoms with Gasteiger partial charge in [-0.1, -0.05) is 0 Å². The number of amides is 1. The van der Waals surface area contributed by atoms with Gasteiger partial charge in [0.2, 0.25) is 5.91 Å². The van der Waals surface area contributed by atoms with E-state index in [1.807, 2.05) is 0 Å². The highest BCUT2D eigenvalue weighted by atomic mass is 19.4. The summed E-state index contributed by atoms with van der Waals surface area (Å²) in [6, 6.07) is 4.48. The van der Waals surface area contributed by atoms with Gasteiger partial charge in [-0.2, -0.15) is 18.4 Å². The van der Waals surface area contributed by atoms with Gasteiger partial charge in [0, 0.05) is 12.2 Å². The Morgan fingerprint density at radius 3 is 2.45 bits per heavy atom. The molecule has 0 aliphatic rings. The lowest BCUT2D eigenvalue weighted by molar-refractivity contribution is -0.137. The zero-order valence-corrected chi connectivity index (χ0v) is 11.0. The van der Waals surface area contributed by atoms with Crippen LogP contribution in [0.25, 0.3) is 0 Å². The first-order valence-corrected chi connectivity index (χ1v) is 5.74.